The van der Waals surface area contributed by atoms with Gasteiger partial charge in [-0.25, -0.2) is 0 Å². The molecular formula is C19H32IN5O2. The molecule has 2 rings (SSSR count). The van der Waals surface area contributed by atoms with E-state index in [4.69, 9.17) is 10.5 Å². The molecule has 1 aromatic carbocycles. The van der Waals surface area contributed by atoms with Crippen molar-refractivity contribution in [1.82, 2.24) is 15.5 Å². The van der Waals surface area contributed by atoms with E-state index in [2.05, 4.69) is 44.8 Å². The lowest BCUT2D eigenvalue weighted by Crippen LogP contribution is -2.40. The highest BCUT2D eigenvalue weighted by molar-refractivity contribution is 14.0. The van der Waals surface area contributed by atoms with Crippen LogP contribution < -0.4 is 16.4 Å². The molecule has 4 N–H and O–H groups in total. The Labute approximate surface area is 179 Å². The molecule has 152 valence electrons. The first-order chi connectivity index (χ1) is 12.6. The second-order valence-electron chi connectivity index (χ2n) is 6.64. The maximum Gasteiger partial charge on any atom is 0.221 e. The molecule has 1 aliphatic heterocycles. The highest BCUT2D eigenvalue weighted by Gasteiger charge is 2.23. The molecule has 1 heterocycles. The fourth-order valence-corrected chi connectivity index (χ4v) is 3.21. The van der Waals surface area contributed by atoms with E-state index in [1.807, 2.05) is 0 Å². The average molecular weight is 489 g/mol. The minimum absolute atomic E-state index is 0. The van der Waals surface area contributed by atoms with E-state index < -0.39 is 0 Å². The molecule has 0 aliphatic carbocycles. The number of nitrogens with one attached hydrogen (secondary N) is 2. The molecule has 1 unspecified atom stereocenters. The third-order valence-electron chi connectivity index (χ3n) is 4.59. The summed E-state index contributed by atoms with van der Waals surface area (Å²) in [7, 11) is 3.43. The van der Waals surface area contributed by atoms with Gasteiger partial charge in [-0.2, -0.15) is 0 Å². The monoisotopic (exact) mass is 489 g/mol. The van der Waals surface area contributed by atoms with Crippen molar-refractivity contribution in [2.75, 3.05) is 40.4 Å². The van der Waals surface area contributed by atoms with Crippen LogP contribution in [-0.2, 0) is 22.6 Å². The van der Waals surface area contributed by atoms with Crippen molar-refractivity contribution in [1.29, 1.82) is 0 Å². The number of amides is 1. The second kappa shape index (κ2) is 12.9. The molecule has 0 aromatic heterocycles. The van der Waals surface area contributed by atoms with Crippen molar-refractivity contribution in [2.45, 2.75) is 25.9 Å². The molecule has 8 heteroatoms. The number of likely N-dealkylation sites (tertiary alicyclic amines) is 1. The Kier molecular flexibility index (Phi) is 11.3. The Morgan fingerprint density at radius 3 is 2.85 bits per heavy atom. The van der Waals surface area contributed by atoms with Crippen LogP contribution in [0.3, 0.4) is 0 Å². The summed E-state index contributed by atoms with van der Waals surface area (Å²) in [5.41, 5.74) is 7.91. The first kappa shape index (κ1) is 23.6. The van der Waals surface area contributed by atoms with Gasteiger partial charge >= 0.3 is 0 Å². The van der Waals surface area contributed by atoms with Crippen LogP contribution in [0.2, 0.25) is 0 Å². The number of nitrogens with two attached hydrogens (primary N) is 1. The van der Waals surface area contributed by atoms with Gasteiger partial charge in [0.1, 0.15) is 0 Å². The Hall–Kier alpha value is -1.39. The summed E-state index contributed by atoms with van der Waals surface area (Å²) in [5.74, 6) is 0.558. The van der Waals surface area contributed by atoms with Gasteiger partial charge in [-0.05, 0) is 30.5 Å². The van der Waals surface area contributed by atoms with Crippen molar-refractivity contribution >= 4 is 35.8 Å². The maximum atomic E-state index is 11.4. The van der Waals surface area contributed by atoms with E-state index in [1.54, 1.807) is 14.2 Å². The Balaban J connectivity index is 0.00000364. The zero-order valence-electron chi connectivity index (χ0n) is 16.2. The van der Waals surface area contributed by atoms with Gasteiger partial charge in [-0.3, -0.25) is 14.7 Å². The summed E-state index contributed by atoms with van der Waals surface area (Å²) in [6.45, 7) is 4.67. The molecular weight excluding hydrogens is 457 g/mol. The number of primary amides is 1. The van der Waals surface area contributed by atoms with E-state index in [-0.39, 0.29) is 35.8 Å². The second-order valence-corrected chi connectivity index (χ2v) is 6.64. The molecule has 0 saturated carbocycles. The zero-order chi connectivity index (χ0) is 18.8. The SMILES string of the molecule is CN=C(NCCOC)NCc1cccc(CN2CCCC(C(N)=O)C2)c1.I. The van der Waals surface area contributed by atoms with Crippen LogP contribution >= 0.6 is 24.0 Å². The molecule has 0 bridgehead atoms. The number of hydrogen-bond donors (Lipinski definition) is 3. The fraction of sp³-hybridized carbons (Fsp3) is 0.579. The quantitative estimate of drug-likeness (QED) is 0.222. The molecule has 1 aromatic rings. The lowest BCUT2D eigenvalue weighted by atomic mass is 9.97. The molecule has 1 atom stereocenters. The van der Waals surface area contributed by atoms with E-state index in [1.165, 1.54) is 11.1 Å². The minimum Gasteiger partial charge on any atom is -0.383 e. The number of hydrogen-bond acceptors (Lipinski definition) is 4. The van der Waals surface area contributed by atoms with Gasteiger partial charge < -0.3 is 21.1 Å². The first-order valence-electron chi connectivity index (χ1n) is 9.15. The zero-order valence-corrected chi connectivity index (χ0v) is 18.6. The van der Waals surface area contributed by atoms with E-state index in [0.29, 0.717) is 19.7 Å². The number of benzene rings is 1. The number of aliphatic imine (C=N–C) groups is 1. The number of carbonyl (C=O) groups excluding carboxylic acids is 1. The number of carbonyl (C=O) groups is 1. The Morgan fingerprint density at radius 2 is 2.15 bits per heavy atom. The first-order valence-corrected chi connectivity index (χ1v) is 9.15. The lowest BCUT2D eigenvalue weighted by Gasteiger charge is -2.31. The van der Waals surface area contributed by atoms with Crippen LogP contribution in [0, 0.1) is 5.92 Å². The number of methoxy groups -OCH3 is 1. The molecule has 0 spiro atoms. The summed E-state index contributed by atoms with van der Waals surface area (Å²) >= 11 is 0. The summed E-state index contributed by atoms with van der Waals surface area (Å²) in [6.07, 6.45) is 1.93. The third kappa shape index (κ3) is 8.44. The minimum atomic E-state index is -0.181. The van der Waals surface area contributed by atoms with Gasteiger partial charge in [0, 0.05) is 40.3 Å². The predicted octanol–water partition coefficient (Wildman–Crippen LogP) is 1.31. The summed E-state index contributed by atoms with van der Waals surface area (Å²) in [5, 5.41) is 6.50. The predicted molar refractivity (Wildman–Crippen MR) is 119 cm³/mol. The normalized spacial score (nSPS) is 17.9. The van der Waals surface area contributed by atoms with E-state index in [0.717, 1.165) is 38.4 Å². The van der Waals surface area contributed by atoms with Crippen LogP contribution in [0.1, 0.15) is 24.0 Å². The summed E-state index contributed by atoms with van der Waals surface area (Å²) < 4.78 is 5.03. The average Bonchev–Trinajstić information content (AvgIpc) is 2.65. The van der Waals surface area contributed by atoms with Gasteiger partial charge in [0.2, 0.25) is 5.91 Å². The third-order valence-corrected chi connectivity index (χ3v) is 4.59. The van der Waals surface area contributed by atoms with E-state index in [9.17, 15) is 4.79 Å². The molecule has 1 aliphatic rings. The van der Waals surface area contributed by atoms with Gasteiger partial charge in [-0.1, -0.05) is 24.3 Å². The van der Waals surface area contributed by atoms with Crippen molar-refractivity contribution in [3.8, 4) is 0 Å². The van der Waals surface area contributed by atoms with Crippen LogP contribution in [0.5, 0.6) is 0 Å². The van der Waals surface area contributed by atoms with Gasteiger partial charge in [0.25, 0.3) is 0 Å². The maximum absolute atomic E-state index is 11.4. The van der Waals surface area contributed by atoms with Crippen LogP contribution in [0.4, 0.5) is 0 Å². The van der Waals surface area contributed by atoms with E-state index >= 15 is 0 Å². The molecule has 1 amide bonds. The highest BCUT2D eigenvalue weighted by Crippen LogP contribution is 2.18. The molecule has 1 fully saturated rings. The van der Waals surface area contributed by atoms with Gasteiger partial charge in [0.05, 0.1) is 12.5 Å². The Bertz CT molecular complexity index is 612. The molecule has 7 nitrogen and oxygen atoms in total. The number of guanidine groups is 1. The van der Waals surface area contributed by atoms with Crippen LogP contribution in [-0.4, -0.2) is 57.2 Å². The summed E-state index contributed by atoms with van der Waals surface area (Å²) in [6, 6.07) is 8.50. The van der Waals surface area contributed by atoms with Crippen LogP contribution in [0.25, 0.3) is 0 Å². The van der Waals surface area contributed by atoms with Gasteiger partial charge in [-0.15, -0.1) is 24.0 Å². The van der Waals surface area contributed by atoms with Crippen molar-refractivity contribution in [3.63, 3.8) is 0 Å². The molecule has 27 heavy (non-hydrogen) atoms. The number of ether oxygens (including phenoxy) is 1. The van der Waals surface area contributed by atoms with Gasteiger partial charge in [0.15, 0.2) is 5.96 Å². The number of rotatable bonds is 8. The topological polar surface area (TPSA) is 92.0 Å². The van der Waals surface area contributed by atoms with Crippen molar-refractivity contribution in [2.24, 2.45) is 16.6 Å². The van der Waals surface area contributed by atoms with Crippen molar-refractivity contribution < 1.29 is 9.53 Å². The lowest BCUT2D eigenvalue weighted by molar-refractivity contribution is -0.123. The largest absolute Gasteiger partial charge is 0.383 e. The molecule has 1 saturated heterocycles. The fourth-order valence-electron chi connectivity index (χ4n) is 3.21. The Morgan fingerprint density at radius 1 is 1.37 bits per heavy atom. The standard InChI is InChI=1S/C19H31N5O2.HI/c1-21-19(22-8-10-26-2)23-12-15-5-3-6-16(11-15)13-24-9-4-7-17(14-24)18(20)25;/h3,5-6,11,17H,4,7-10,12-14H2,1-2H3,(H2,20,25)(H2,21,22,23);1H. The van der Waals surface area contributed by atoms with Crippen molar-refractivity contribution in [3.05, 3.63) is 35.4 Å². The number of nitrogens with zero attached hydrogens (tertiary/aromatic N) is 2. The number of piperidine rings is 1. The number of halogens is 1. The highest BCUT2D eigenvalue weighted by atomic mass is 127. The molecule has 0 radical (unpaired) electrons. The smallest absolute Gasteiger partial charge is 0.221 e. The summed E-state index contributed by atoms with van der Waals surface area (Å²) in [4.78, 5) is 18.0. The van der Waals surface area contributed by atoms with Crippen LogP contribution in [0.15, 0.2) is 29.3 Å².